The van der Waals surface area contributed by atoms with Gasteiger partial charge < -0.3 is 13.7 Å². The van der Waals surface area contributed by atoms with Crippen molar-refractivity contribution < 1.29 is 9.31 Å². The van der Waals surface area contributed by atoms with Crippen LogP contribution in [0, 0.1) is 0 Å². The largest absolute Gasteiger partial charge is 0.497 e. The van der Waals surface area contributed by atoms with Gasteiger partial charge in [-0.1, -0.05) is 6.07 Å². The molecule has 0 N–H and O–H groups in total. The summed E-state index contributed by atoms with van der Waals surface area (Å²) >= 11 is 3.66. The molecule has 3 heterocycles. The lowest BCUT2D eigenvalue weighted by Crippen LogP contribution is -2.41. The first-order valence-electron chi connectivity index (χ1n) is 6.42. The molecule has 0 unspecified atom stereocenters. The Morgan fingerprint density at radius 2 is 1.74 bits per heavy atom. The van der Waals surface area contributed by atoms with Crippen LogP contribution in [0.5, 0.6) is 0 Å². The molecule has 3 nitrogen and oxygen atoms in total. The Labute approximate surface area is 122 Å². The molecule has 0 bridgehead atoms. The Morgan fingerprint density at radius 3 is 2.32 bits per heavy atom. The summed E-state index contributed by atoms with van der Waals surface area (Å²) in [5.74, 6) is 0. The van der Waals surface area contributed by atoms with E-state index in [2.05, 4.69) is 60.3 Å². The average molecular weight is 322 g/mol. The summed E-state index contributed by atoms with van der Waals surface area (Å²) in [7, 11) is -0.334. The Hall–Kier alpha value is -0.775. The Balaban J connectivity index is 2.05. The van der Waals surface area contributed by atoms with E-state index in [0.717, 1.165) is 15.5 Å². The van der Waals surface area contributed by atoms with Crippen molar-refractivity contribution in [2.75, 3.05) is 0 Å². The molecule has 0 saturated carbocycles. The predicted octanol–water partition coefficient (Wildman–Crippen LogP) is 3.00. The molecule has 0 aliphatic carbocycles. The molecule has 19 heavy (non-hydrogen) atoms. The minimum absolute atomic E-state index is 0.314. The molecule has 1 saturated heterocycles. The van der Waals surface area contributed by atoms with Gasteiger partial charge in [0.2, 0.25) is 0 Å². The lowest BCUT2D eigenvalue weighted by molar-refractivity contribution is 0.00578. The van der Waals surface area contributed by atoms with Gasteiger partial charge in [0.25, 0.3) is 0 Å². The molecular formula is C14H17BBrNO2. The summed E-state index contributed by atoms with van der Waals surface area (Å²) < 4.78 is 15.3. The fourth-order valence-corrected chi connectivity index (χ4v) is 2.87. The second kappa shape index (κ2) is 4.11. The van der Waals surface area contributed by atoms with E-state index >= 15 is 0 Å². The molecule has 2 aromatic heterocycles. The van der Waals surface area contributed by atoms with Crippen LogP contribution in [0.15, 0.2) is 35.1 Å². The molecule has 3 rings (SSSR count). The van der Waals surface area contributed by atoms with Gasteiger partial charge >= 0.3 is 7.12 Å². The van der Waals surface area contributed by atoms with Gasteiger partial charge in [-0.3, -0.25) is 0 Å². The maximum atomic E-state index is 6.09. The lowest BCUT2D eigenvalue weighted by Gasteiger charge is -2.32. The standard InChI is InChI=1S/C14H17BBrNO2/c1-13(2)14(3,4)19-15(18-13)10-9-17-8-6-5-7-11(17)12(10)16/h5-9H,1-4H3. The van der Waals surface area contributed by atoms with E-state index in [4.69, 9.17) is 9.31 Å². The summed E-state index contributed by atoms with van der Waals surface area (Å²) in [6.07, 6.45) is 4.08. The second-order valence-corrected chi connectivity index (χ2v) is 6.77. The van der Waals surface area contributed by atoms with Crippen LogP contribution in [0.1, 0.15) is 27.7 Å². The quantitative estimate of drug-likeness (QED) is 0.754. The first-order chi connectivity index (χ1) is 8.82. The highest BCUT2D eigenvalue weighted by atomic mass is 79.9. The van der Waals surface area contributed by atoms with Crippen molar-refractivity contribution in [1.29, 1.82) is 0 Å². The molecule has 100 valence electrons. The first-order valence-corrected chi connectivity index (χ1v) is 7.22. The van der Waals surface area contributed by atoms with Crippen molar-refractivity contribution >= 4 is 34.0 Å². The third-order valence-corrected chi connectivity index (χ3v) is 5.02. The highest BCUT2D eigenvalue weighted by Gasteiger charge is 2.52. The minimum Gasteiger partial charge on any atom is -0.399 e. The Morgan fingerprint density at radius 1 is 1.11 bits per heavy atom. The van der Waals surface area contributed by atoms with Gasteiger partial charge in [0.1, 0.15) is 0 Å². The molecular weight excluding hydrogens is 305 g/mol. The van der Waals surface area contributed by atoms with E-state index in [1.165, 1.54) is 0 Å². The maximum Gasteiger partial charge on any atom is 0.497 e. The fraction of sp³-hybridized carbons (Fsp3) is 0.429. The Kier molecular flexibility index (Phi) is 2.86. The predicted molar refractivity (Wildman–Crippen MR) is 80.8 cm³/mol. The van der Waals surface area contributed by atoms with Crippen molar-refractivity contribution in [3.63, 3.8) is 0 Å². The molecule has 0 radical (unpaired) electrons. The van der Waals surface area contributed by atoms with E-state index in [-0.39, 0.29) is 18.3 Å². The van der Waals surface area contributed by atoms with Crippen LogP contribution in [0.25, 0.3) is 5.52 Å². The van der Waals surface area contributed by atoms with E-state index in [1.54, 1.807) is 0 Å². The topological polar surface area (TPSA) is 22.9 Å². The number of hydrogen-bond donors (Lipinski definition) is 0. The van der Waals surface area contributed by atoms with Gasteiger partial charge in [0.15, 0.2) is 0 Å². The Bertz CT molecular complexity index is 619. The van der Waals surface area contributed by atoms with Crippen LogP contribution in [0.4, 0.5) is 0 Å². The van der Waals surface area contributed by atoms with Crippen LogP contribution in [0.3, 0.4) is 0 Å². The molecule has 1 aliphatic rings. The van der Waals surface area contributed by atoms with Gasteiger partial charge in [-0.05, 0) is 55.8 Å². The number of nitrogens with zero attached hydrogens (tertiary/aromatic N) is 1. The first kappa shape index (κ1) is 13.2. The van der Waals surface area contributed by atoms with Crippen LogP contribution in [0.2, 0.25) is 0 Å². The van der Waals surface area contributed by atoms with Crippen LogP contribution < -0.4 is 5.46 Å². The minimum atomic E-state index is -0.334. The highest BCUT2D eigenvalue weighted by Crippen LogP contribution is 2.37. The fourth-order valence-electron chi connectivity index (χ4n) is 2.24. The van der Waals surface area contributed by atoms with Crippen LogP contribution in [-0.4, -0.2) is 22.7 Å². The van der Waals surface area contributed by atoms with Crippen molar-refractivity contribution in [2.24, 2.45) is 0 Å². The summed E-state index contributed by atoms with van der Waals surface area (Å²) in [6.45, 7) is 8.26. The zero-order valence-electron chi connectivity index (χ0n) is 11.6. The molecule has 1 fully saturated rings. The van der Waals surface area contributed by atoms with Crippen molar-refractivity contribution in [3.8, 4) is 0 Å². The van der Waals surface area contributed by atoms with E-state index in [0.29, 0.717) is 0 Å². The number of hydrogen-bond acceptors (Lipinski definition) is 2. The normalized spacial score (nSPS) is 21.2. The van der Waals surface area contributed by atoms with Gasteiger partial charge in [0.05, 0.1) is 16.7 Å². The molecule has 0 spiro atoms. The zero-order valence-corrected chi connectivity index (χ0v) is 13.2. The number of fused-ring (bicyclic) bond motifs is 1. The third kappa shape index (κ3) is 1.95. The molecule has 0 amide bonds. The third-order valence-electron chi connectivity index (χ3n) is 4.15. The van der Waals surface area contributed by atoms with Crippen molar-refractivity contribution in [3.05, 3.63) is 35.1 Å². The average Bonchev–Trinajstić information content (AvgIpc) is 2.76. The molecule has 2 aromatic rings. The van der Waals surface area contributed by atoms with Gasteiger partial charge in [0, 0.05) is 22.3 Å². The van der Waals surface area contributed by atoms with Crippen molar-refractivity contribution in [1.82, 2.24) is 4.40 Å². The van der Waals surface area contributed by atoms with Crippen LogP contribution in [-0.2, 0) is 9.31 Å². The highest BCUT2D eigenvalue weighted by molar-refractivity contribution is 9.10. The van der Waals surface area contributed by atoms with E-state index < -0.39 is 0 Å². The summed E-state index contributed by atoms with van der Waals surface area (Å²) in [5.41, 5.74) is 1.52. The monoisotopic (exact) mass is 321 g/mol. The number of aromatic nitrogens is 1. The number of pyridine rings is 1. The van der Waals surface area contributed by atoms with Gasteiger partial charge in [-0.15, -0.1) is 0 Å². The SMILES string of the molecule is CC1(C)OB(c2cn3ccccc3c2Br)OC1(C)C. The summed E-state index contributed by atoms with van der Waals surface area (Å²) in [6, 6.07) is 6.10. The molecule has 5 heteroatoms. The zero-order chi connectivity index (χ0) is 13.8. The molecule has 0 aromatic carbocycles. The lowest BCUT2D eigenvalue weighted by atomic mass is 9.81. The van der Waals surface area contributed by atoms with Gasteiger partial charge in [-0.25, -0.2) is 0 Å². The smallest absolute Gasteiger partial charge is 0.399 e. The number of halogens is 1. The van der Waals surface area contributed by atoms with E-state index in [9.17, 15) is 0 Å². The second-order valence-electron chi connectivity index (χ2n) is 5.98. The summed E-state index contributed by atoms with van der Waals surface area (Å²) in [5, 5.41) is 0. The molecule has 1 aliphatic heterocycles. The molecule has 0 atom stereocenters. The number of rotatable bonds is 1. The summed E-state index contributed by atoms with van der Waals surface area (Å²) in [4.78, 5) is 0. The van der Waals surface area contributed by atoms with Crippen LogP contribution >= 0.6 is 15.9 Å². The van der Waals surface area contributed by atoms with Gasteiger partial charge in [-0.2, -0.15) is 0 Å². The van der Waals surface area contributed by atoms with E-state index in [1.807, 2.05) is 18.3 Å². The maximum absolute atomic E-state index is 6.09. The van der Waals surface area contributed by atoms with Crippen molar-refractivity contribution in [2.45, 2.75) is 38.9 Å².